The molecule has 4 nitrogen and oxygen atoms in total. The number of hydrogen-bond donors (Lipinski definition) is 1. The number of aromatic nitrogens is 1. The number of halogens is 1. The van der Waals surface area contributed by atoms with Gasteiger partial charge in [0.25, 0.3) is 0 Å². The van der Waals surface area contributed by atoms with Crippen molar-refractivity contribution in [2.75, 3.05) is 16.8 Å². The Morgan fingerprint density at radius 1 is 1.38 bits per heavy atom. The summed E-state index contributed by atoms with van der Waals surface area (Å²) in [6, 6.07) is 12.0. The standard InChI is InChI=1S/C16H16BrN3O/c1-11(21)20-8-7-12-9-13(5-6-15(12)20)18-10-14-3-2-4-16(17)19-14/h2-6,9,18H,7-8,10H2,1H3. The summed E-state index contributed by atoms with van der Waals surface area (Å²) in [6.07, 6.45) is 0.916. The van der Waals surface area contributed by atoms with E-state index in [1.54, 1.807) is 6.92 Å². The highest BCUT2D eigenvalue weighted by molar-refractivity contribution is 9.10. The molecule has 1 N–H and O–H groups in total. The molecule has 0 saturated carbocycles. The van der Waals surface area contributed by atoms with Gasteiger partial charge in [0, 0.05) is 24.8 Å². The third-order valence-electron chi connectivity index (χ3n) is 3.60. The summed E-state index contributed by atoms with van der Waals surface area (Å²) in [6.45, 7) is 3.07. The Labute approximate surface area is 132 Å². The van der Waals surface area contributed by atoms with Gasteiger partial charge in [-0.25, -0.2) is 4.98 Å². The number of benzene rings is 1. The highest BCUT2D eigenvalue weighted by Crippen LogP contribution is 2.30. The molecular formula is C16H16BrN3O. The van der Waals surface area contributed by atoms with Gasteiger partial charge in [0.05, 0.1) is 12.2 Å². The molecule has 0 saturated heterocycles. The monoisotopic (exact) mass is 345 g/mol. The van der Waals surface area contributed by atoms with Crippen LogP contribution in [0, 0.1) is 0 Å². The average molecular weight is 346 g/mol. The van der Waals surface area contributed by atoms with Gasteiger partial charge in [-0.1, -0.05) is 6.07 Å². The molecule has 2 aromatic rings. The number of anilines is 2. The van der Waals surface area contributed by atoms with Crippen LogP contribution < -0.4 is 10.2 Å². The van der Waals surface area contributed by atoms with Gasteiger partial charge < -0.3 is 10.2 Å². The van der Waals surface area contributed by atoms with E-state index in [1.165, 1.54) is 5.56 Å². The number of nitrogens with zero attached hydrogens (tertiary/aromatic N) is 2. The third-order valence-corrected chi connectivity index (χ3v) is 4.04. The molecule has 1 aliphatic rings. The third kappa shape index (κ3) is 3.08. The van der Waals surface area contributed by atoms with Gasteiger partial charge in [0.15, 0.2) is 0 Å². The smallest absolute Gasteiger partial charge is 0.223 e. The van der Waals surface area contributed by atoms with E-state index >= 15 is 0 Å². The molecule has 5 heteroatoms. The SMILES string of the molecule is CC(=O)N1CCc2cc(NCc3cccc(Br)n3)ccc21. The predicted octanol–water partition coefficient (Wildman–Crippen LogP) is 3.37. The van der Waals surface area contributed by atoms with Gasteiger partial charge in [0.2, 0.25) is 5.91 Å². The first kappa shape index (κ1) is 14.1. The fourth-order valence-electron chi connectivity index (χ4n) is 2.58. The molecule has 3 rings (SSSR count). The molecule has 108 valence electrons. The van der Waals surface area contributed by atoms with Crippen molar-refractivity contribution >= 4 is 33.2 Å². The summed E-state index contributed by atoms with van der Waals surface area (Å²) < 4.78 is 0.841. The number of rotatable bonds is 3. The van der Waals surface area contributed by atoms with Crippen LogP contribution in [0.4, 0.5) is 11.4 Å². The minimum absolute atomic E-state index is 0.104. The molecule has 1 aliphatic heterocycles. The second-order valence-electron chi connectivity index (χ2n) is 5.07. The van der Waals surface area contributed by atoms with Crippen molar-refractivity contribution in [1.82, 2.24) is 4.98 Å². The normalized spacial score (nSPS) is 13.1. The highest BCUT2D eigenvalue weighted by Gasteiger charge is 2.21. The average Bonchev–Trinajstić information content (AvgIpc) is 2.88. The van der Waals surface area contributed by atoms with E-state index in [9.17, 15) is 4.79 Å². The van der Waals surface area contributed by atoms with Gasteiger partial charge in [-0.15, -0.1) is 0 Å². The number of pyridine rings is 1. The molecule has 0 radical (unpaired) electrons. The van der Waals surface area contributed by atoms with E-state index in [1.807, 2.05) is 35.2 Å². The van der Waals surface area contributed by atoms with Gasteiger partial charge in [-0.05, 0) is 58.2 Å². The van der Waals surface area contributed by atoms with Gasteiger partial charge in [-0.2, -0.15) is 0 Å². The maximum atomic E-state index is 11.5. The minimum atomic E-state index is 0.104. The first-order valence-corrected chi connectivity index (χ1v) is 7.69. The van der Waals surface area contributed by atoms with E-state index < -0.39 is 0 Å². The van der Waals surface area contributed by atoms with Gasteiger partial charge >= 0.3 is 0 Å². The second-order valence-corrected chi connectivity index (χ2v) is 5.88. The van der Waals surface area contributed by atoms with Crippen LogP contribution in [0.2, 0.25) is 0 Å². The Kier molecular flexibility index (Phi) is 3.92. The topological polar surface area (TPSA) is 45.2 Å². The molecule has 0 bridgehead atoms. The second kappa shape index (κ2) is 5.85. The van der Waals surface area contributed by atoms with Crippen molar-refractivity contribution in [3.8, 4) is 0 Å². The zero-order valence-corrected chi connectivity index (χ0v) is 13.4. The molecule has 1 aromatic heterocycles. The van der Waals surface area contributed by atoms with Crippen molar-refractivity contribution in [1.29, 1.82) is 0 Å². The lowest BCUT2D eigenvalue weighted by Crippen LogP contribution is -2.25. The van der Waals surface area contributed by atoms with E-state index in [-0.39, 0.29) is 5.91 Å². The molecule has 0 aliphatic carbocycles. The van der Waals surface area contributed by atoms with Crippen LogP contribution in [0.15, 0.2) is 41.0 Å². The largest absolute Gasteiger partial charge is 0.379 e. The Bertz CT molecular complexity index is 687. The Hall–Kier alpha value is -1.88. The first-order valence-electron chi connectivity index (χ1n) is 6.90. The Morgan fingerprint density at radius 3 is 3.00 bits per heavy atom. The van der Waals surface area contributed by atoms with Crippen LogP contribution in [0.5, 0.6) is 0 Å². The van der Waals surface area contributed by atoms with Crippen LogP contribution in [-0.2, 0) is 17.8 Å². The first-order chi connectivity index (χ1) is 10.1. The number of nitrogens with one attached hydrogen (secondary N) is 1. The molecule has 1 amide bonds. The molecule has 0 fully saturated rings. The fraction of sp³-hybridized carbons (Fsp3) is 0.250. The van der Waals surface area contributed by atoms with E-state index in [4.69, 9.17) is 0 Å². The predicted molar refractivity (Wildman–Crippen MR) is 87.4 cm³/mol. The van der Waals surface area contributed by atoms with E-state index in [0.29, 0.717) is 6.54 Å². The van der Waals surface area contributed by atoms with E-state index in [0.717, 1.165) is 34.6 Å². The zero-order valence-electron chi connectivity index (χ0n) is 11.8. The summed E-state index contributed by atoms with van der Waals surface area (Å²) in [5, 5.41) is 3.38. The molecular weight excluding hydrogens is 330 g/mol. The maximum absolute atomic E-state index is 11.5. The number of fused-ring (bicyclic) bond motifs is 1. The van der Waals surface area contributed by atoms with Crippen molar-refractivity contribution in [2.24, 2.45) is 0 Å². The summed E-state index contributed by atoms with van der Waals surface area (Å²) >= 11 is 3.37. The minimum Gasteiger partial charge on any atom is -0.379 e. The van der Waals surface area contributed by atoms with Crippen molar-refractivity contribution < 1.29 is 4.79 Å². The molecule has 0 spiro atoms. The summed E-state index contributed by atoms with van der Waals surface area (Å²) in [7, 11) is 0. The van der Waals surface area contributed by atoms with Gasteiger partial charge in [0.1, 0.15) is 4.60 Å². The number of hydrogen-bond acceptors (Lipinski definition) is 3. The lowest BCUT2D eigenvalue weighted by atomic mass is 10.1. The Balaban J connectivity index is 1.72. The Morgan fingerprint density at radius 2 is 2.24 bits per heavy atom. The van der Waals surface area contributed by atoms with Crippen LogP contribution in [0.25, 0.3) is 0 Å². The lowest BCUT2D eigenvalue weighted by molar-refractivity contribution is -0.116. The summed E-state index contributed by atoms with van der Waals surface area (Å²) in [5.41, 5.74) is 4.29. The summed E-state index contributed by atoms with van der Waals surface area (Å²) in [5.74, 6) is 0.104. The quantitative estimate of drug-likeness (QED) is 0.867. The molecule has 1 aromatic carbocycles. The zero-order chi connectivity index (χ0) is 14.8. The summed E-state index contributed by atoms with van der Waals surface area (Å²) in [4.78, 5) is 17.8. The molecule has 0 unspecified atom stereocenters. The lowest BCUT2D eigenvalue weighted by Gasteiger charge is -2.15. The highest BCUT2D eigenvalue weighted by atomic mass is 79.9. The number of amides is 1. The van der Waals surface area contributed by atoms with Crippen LogP contribution in [0.1, 0.15) is 18.2 Å². The van der Waals surface area contributed by atoms with Crippen molar-refractivity contribution in [3.05, 3.63) is 52.3 Å². The molecule has 0 atom stereocenters. The molecule has 2 heterocycles. The number of carbonyl (C=O) groups is 1. The fourth-order valence-corrected chi connectivity index (χ4v) is 2.96. The van der Waals surface area contributed by atoms with Crippen molar-refractivity contribution in [2.45, 2.75) is 19.9 Å². The van der Waals surface area contributed by atoms with Crippen molar-refractivity contribution in [3.63, 3.8) is 0 Å². The van der Waals surface area contributed by atoms with Crippen LogP contribution in [0.3, 0.4) is 0 Å². The number of carbonyl (C=O) groups excluding carboxylic acids is 1. The van der Waals surface area contributed by atoms with Gasteiger partial charge in [-0.3, -0.25) is 4.79 Å². The maximum Gasteiger partial charge on any atom is 0.223 e. The van der Waals surface area contributed by atoms with Crippen LogP contribution >= 0.6 is 15.9 Å². The van der Waals surface area contributed by atoms with E-state index in [2.05, 4.69) is 32.3 Å². The van der Waals surface area contributed by atoms with Crippen LogP contribution in [-0.4, -0.2) is 17.4 Å². The molecule has 21 heavy (non-hydrogen) atoms.